The maximum Gasteiger partial charge on any atom is 0.336 e. The van der Waals surface area contributed by atoms with Crippen molar-refractivity contribution in [1.82, 2.24) is 0 Å². The van der Waals surface area contributed by atoms with E-state index in [0.29, 0.717) is 12.1 Å². The summed E-state index contributed by atoms with van der Waals surface area (Å²) in [4.78, 5) is 11.1. The lowest BCUT2D eigenvalue weighted by Gasteiger charge is -2.23. The number of carboxylic acids is 1. The van der Waals surface area contributed by atoms with Gasteiger partial charge in [-0.1, -0.05) is 48.5 Å². The third-order valence-electron chi connectivity index (χ3n) is 3.86. The second kappa shape index (κ2) is 7.72. The van der Waals surface area contributed by atoms with Gasteiger partial charge in [0.2, 0.25) is 0 Å². The zero-order valence-corrected chi connectivity index (χ0v) is 15.4. The number of carboxylic acid groups (broad SMARTS) is 1. The van der Waals surface area contributed by atoms with Gasteiger partial charge in [-0.3, -0.25) is 4.31 Å². The van der Waals surface area contributed by atoms with Crippen LogP contribution in [0.4, 0.5) is 5.69 Å². The van der Waals surface area contributed by atoms with Crippen LogP contribution in [0.1, 0.15) is 15.9 Å². The first-order valence-electron chi connectivity index (χ1n) is 7.92. The molecule has 0 saturated carbocycles. The summed E-state index contributed by atoms with van der Waals surface area (Å²) >= 11 is 0.919. The molecule has 0 amide bonds. The molecule has 1 aromatic heterocycles. The molecule has 1 heterocycles. The van der Waals surface area contributed by atoms with Crippen molar-refractivity contribution < 1.29 is 18.3 Å². The molecule has 0 unspecified atom stereocenters. The van der Waals surface area contributed by atoms with Crippen LogP contribution >= 0.6 is 11.3 Å². The Morgan fingerprint density at radius 2 is 1.62 bits per heavy atom. The van der Waals surface area contributed by atoms with Crippen LogP contribution in [0.5, 0.6) is 0 Å². The number of benzene rings is 2. The molecule has 0 aliphatic heterocycles. The predicted octanol–water partition coefficient (Wildman–Crippen LogP) is 3.88. The highest BCUT2D eigenvalue weighted by Gasteiger charge is 2.27. The second-order valence-electron chi connectivity index (χ2n) is 5.61. The van der Waals surface area contributed by atoms with E-state index in [4.69, 9.17) is 5.11 Å². The van der Waals surface area contributed by atoms with Crippen molar-refractivity contribution in [1.29, 1.82) is 0 Å². The van der Waals surface area contributed by atoms with Gasteiger partial charge in [-0.05, 0) is 30.2 Å². The summed E-state index contributed by atoms with van der Waals surface area (Å²) in [6.45, 7) is 0.261. The highest BCUT2D eigenvalue weighted by atomic mass is 32.2. The Bertz CT molecular complexity index is 983. The van der Waals surface area contributed by atoms with Crippen molar-refractivity contribution in [2.75, 3.05) is 10.8 Å². The first-order valence-corrected chi connectivity index (χ1v) is 10.2. The van der Waals surface area contributed by atoms with Crippen LogP contribution in [0, 0.1) is 0 Å². The van der Waals surface area contributed by atoms with Crippen molar-refractivity contribution in [3.05, 3.63) is 83.2 Å². The molecule has 0 saturated heterocycles. The standard InChI is InChI=1S/C19H17NO4S2/c21-19(22)16-13-18(25-14-16)26(23,24)20(17-9-5-2-6-10-17)12-11-15-7-3-1-4-8-15/h1-10,13-14H,11-12H2,(H,21,22). The Kier molecular flexibility index (Phi) is 5.39. The molecule has 1 N–H and O–H groups in total. The molecule has 0 aliphatic carbocycles. The van der Waals surface area contributed by atoms with Crippen molar-refractivity contribution in [3.8, 4) is 0 Å². The Morgan fingerprint density at radius 1 is 1.00 bits per heavy atom. The minimum absolute atomic E-state index is 0.0202. The van der Waals surface area contributed by atoms with Gasteiger partial charge in [0.15, 0.2) is 0 Å². The SMILES string of the molecule is O=C(O)c1csc(S(=O)(=O)N(CCc2ccccc2)c2ccccc2)c1. The molecule has 2 aromatic carbocycles. The molecule has 0 fully saturated rings. The fourth-order valence-electron chi connectivity index (χ4n) is 2.53. The van der Waals surface area contributed by atoms with Crippen LogP contribution in [-0.4, -0.2) is 26.0 Å². The van der Waals surface area contributed by atoms with Crippen LogP contribution in [0.25, 0.3) is 0 Å². The van der Waals surface area contributed by atoms with E-state index >= 15 is 0 Å². The van der Waals surface area contributed by atoms with Gasteiger partial charge in [-0.2, -0.15) is 0 Å². The monoisotopic (exact) mass is 387 g/mol. The van der Waals surface area contributed by atoms with E-state index in [-0.39, 0.29) is 16.3 Å². The predicted molar refractivity (Wildman–Crippen MR) is 102 cm³/mol. The number of para-hydroxylation sites is 1. The molecule has 3 rings (SSSR count). The van der Waals surface area contributed by atoms with Crippen LogP contribution in [0.2, 0.25) is 0 Å². The number of thiophene rings is 1. The van der Waals surface area contributed by atoms with Gasteiger partial charge in [0.05, 0.1) is 11.3 Å². The maximum absolute atomic E-state index is 13.1. The number of hydrogen-bond donors (Lipinski definition) is 1. The lowest BCUT2D eigenvalue weighted by atomic mass is 10.1. The number of anilines is 1. The maximum atomic E-state index is 13.1. The summed E-state index contributed by atoms with van der Waals surface area (Å²) in [7, 11) is -3.85. The van der Waals surface area contributed by atoms with Crippen LogP contribution in [0.3, 0.4) is 0 Å². The highest BCUT2D eigenvalue weighted by molar-refractivity contribution is 7.94. The number of aromatic carboxylic acids is 1. The van der Waals surface area contributed by atoms with Crippen molar-refractivity contribution >= 4 is 33.0 Å². The van der Waals surface area contributed by atoms with E-state index in [0.717, 1.165) is 16.9 Å². The van der Waals surface area contributed by atoms with Gasteiger partial charge in [0, 0.05) is 11.9 Å². The topological polar surface area (TPSA) is 74.7 Å². The van der Waals surface area contributed by atoms with E-state index in [1.807, 2.05) is 36.4 Å². The van der Waals surface area contributed by atoms with Crippen LogP contribution in [-0.2, 0) is 16.4 Å². The number of hydrogen-bond acceptors (Lipinski definition) is 4. The van der Waals surface area contributed by atoms with Gasteiger partial charge in [-0.25, -0.2) is 13.2 Å². The molecule has 0 atom stereocenters. The molecule has 0 radical (unpaired) electrons. The number of sulfonamides is 1. The minimum atomic E-state index is -3.85. The largest absolute Gasteiger partial charge is 0.478 e. The average Bonchev–Trinajstić information content (AvgIpc) is 3.15. The second-order valence-corrected chi connectivity index (χ2v) is 8.61. The molecule has 0 bridgehead atoms. The Morgan fingerprint density at radius 3 is 2.19 bits per heavy atom. The summed E-state index contributed by atoms with van der Waals surface area (Å²) < 4.78 is 27.6. The first kappa shape index (κ1) is 18.2. The quantitative estimate of drug-likeness (QED) is 0.667. The smallest absolute Gasteiger partial charge is 0.336 e. The third-order valence-corrected chi connectivity index (χ3v) is 7.10. The fourth-order valence-corrected chi connectivity index (χ4v) is 5.26. The zero-order chi connectivity index (χ0) is 18.6. The summed E-state index contributed by atoms with van der Waals surface area (Å²) in [6.07, 6.45) is 0.548. The Hall–Kier alpha value is -2.64. The van der Waals surface area contributed by atoms with Crippen molar-refractivity contribution in [2.24, 2.45) is 0 Å². The summed E-state index contributed by atoms with van der Waals surface area (Å²) in [6, 6.07) is 19.7. The third kappa shape index (κ3) is 3.95. The fraction of sp³-hybridized carbons (Fsp3) is 0.105. The average molecular weight is 387 g/mol. The van der Waals surface area contributed by atoms with E-state index in [1.165, 1.54) is 15.8 Å². The Balaban J connectivity index is 1.94. The molecule has 0 aliphatic rings. The van der Waals surface area contributed by atoms with E-state index in [1.54, 1.807) is 24.3 Å². The van der Waals surface area contributed by atoms with Crippen LogP contribution < -0.4 is 4.31 Å². The van der Waals surface area contributed by atoms with Gasteiger partial charge >= 0.3 is 5.97 Å². The summed E-state index contributed by atoms with van der Waals surface area (Å²) in [5.74, 6) is -1.14. The lowest BCUT2D eigenvalue weighted by Crippen LogP contribution is -2.32. The molecule has 134 valence electrons. The van der Waals surface area contributed by atoms with Gasteiger partial charge in [0.25, 0.3) is 10.0 Å². The number of carbonyl (C=O) groups is 1. The molecule has 7 heteroatoms. The lowest BCUT2D eigenvalue weighted by molar-refractivity contribution is 0.0697. The molecule has 26 heavy (non-hydrogen) atoms. The first-order chi connectivity index (χ1) is 12.5. The zero-order valence-electron chi connectivity index (χ0n) is 13.8. The minimum Gasteiger partial charge on any atom is -0.478 e. The van der Waals surface area contributed by atoms with Crippen molar-refractivity contribution in [2.45, 2.75) is 10.6 Å². The molecular weight excluding hydrogens is 370 g/mol. The molecular formula is C19H17NO4S2. The molecule has 5 nitrogen and oxygen atoms in total. The van der Waals surface area contributed by atoms with E-state index in [9.17, 15) is 13.2 Å². The molecule has 0 spiro atoms. The normalized spacial score (nSPS) is 11.2. The number of nitrogens with zero attached hydrogens (tertiary/aromatic N) is 1. The summed E-state index contributed by atoms with van der Waals surface area (Å²) in [5, 5.41) is 10.4. The van der Waals surface area contributed by atoms with Gasteiger partial charge < -0.3 is 5.11 Å². The van der Waals surface area contributed by atoms with Crippen LogP contribution in [0.15, 0.2) is 76.3 Å². The van der Waals surface area contributed by atoms with Crippen molar-refractivity contribution in [3.63, 3.8) is 0 Å². The van der Waals surface area contributed by atoms with Gasteiger partial charge in [-0.15, -0.1) is 11.3 Å². The Labute approximate surface area is 156 Å². The number of rotatable bonds is 7. The van der Waals surface area contributed by atoms with E-state index < -0.39 is 16.0 Å². The van der Waals surface area contributed by atoms with Gasteiger partial charge in [0.1, 0.15) is 4.21 Å². The molecule has 3 aromatic rings. The summed E-state index contributed by atoms with van der Waals surface area (Å²) in [5.41, 5.74) is 1.55. The highest BCUT2D eigenvalue weighted by Crippen LogP contribution is 2.28. The van der Waals surface area contributed by atoms with E-state index in [2.05, 4.69) is 0 Å².